The van der Waals surface area contributed by atoms with Gasteiger partial charge in [-0.3, -0.25) is 9.59 Å². The Hall–Kier alpha value is -2.72. The number of hydrogen-bond donors (Lipinski definition) is 0. The van der Waals surface area contributed by atoms with Crippen molar-refractivity contribution in [2.45, 2.75) is 59.9 Å². The maximum Gasteiger partial charge on any atom is 0.306 e. The van der Waals surface area contributed by atoms with Gasteiger partial charge in [-0.2, -0.15) is 0 Å². The Balaban J connectivity index is 1.86. The number of benzene rings is 1. The van der Waals surface area contributed by atoms with Crippen LogP contribution in [0.2, 0.25) is 0 Å². The fourth-order valence-electron chi connectivity index (χ4n) is 5.23. The molecule has 32 heavy (non-hydrogen) atoms. The van der Waals surface area contributed by atoms with Crippen molar-refractivity contribution >= 4 is 24.0 Å². The molecule has 1 aliphatic rings. The molecule has 6 heteroatoms. The molecule has 2 atom stereocenters. The number of nitrogens with zero attached hydrogens (tertiary/aromatic N) is 2. The van der Waals surface area contributed by atoms with E-state index in [-0.39, 0.29) is 35.2 Å². The zero-order chi connectivity index (χ0) is 23.8. The van der Waals surface area contributed by atoms with Crippen molar-refractivity contribution in [3.63, 3.8) is 0 Å². The molecule has 0 aliphatic heterocycles. The summed E-state index contributed by atoms with van der Waals surface area (Å²) < 4.78 is 5.49. The lowest BCUT2D eigenvalue weighted by atomic mass is 9.60. The highest BCUT2D eigenvalue weighted by Crippen LogP contribution is 2.49. The number of aliphatic imine (C=N–C) groups is 1. The van der Waals surface area contributed by atoms with Gasteiger partial charge in [0.2, 0.25) is 12.0 Å². The van der Waals surface area contributed by atoms with E-state index in [1.807, 2.05) is 24.3 Å². The predicted molar refractivity (Wildman–Crippen MR) is 125 cm³/mol. The second kappa shape index (κ2) is 11.2. The summed E-state index contributed by atoms with van der Waals surface area (Å²) in [6.45, 7) is 13.2. The zero-order valence-electron chi connectivity index (χ0n) is 19.9. The molecule has 2 unspecified atom stereocenters. The summed E-state index contributed by atoms with van der Waals surface area (Å²) in [6, 6.07) is 7.85. The monoisotopic (exact) mass is 440 g/mol. The Morgan fingerprint density at radius 3 is 2.53 bits per heavy atom. The van der Waals surface area contributed by atoms with Crippen LogP contribution in [0, 0.1) is 16.7 Å². The molecule has 0 saturated heterocycles. The van der Waals surface area contributed by atoms with Gasteiger partial charge >= 0.3 is 5.97 Å². The minimum Gasteiger partial charge on any atom is -0.464 e. The van der Waals surface area contributed by atoms with E-state index >= 15 is 0 Å². The first kappa shape index (κ1) is 25.5. The van der Waals surface area contributed by atoms with E-state index in [0.29, 0.717) is 26.1 Å². The van der Waals surface area contributed by atoms with Crippen LogP contribution in [-0.2, 0) is 25.7 Å². The van der Waals surface area contributed by atoms with Crippen molar-refractivity contribution in [3.8, 4) is 0 Å². The summed E-state index contributed by atoms with van der Waals surface area (Å²) in [4.78, 5) is 40.6. The number of ether oxygens (including phenoxy) is 1. The number of amides is 1. The van der Waals surface area contributed by atoms with Crippen molar-refractivity contribution < 1.29 is 19.1 Å². The molecule has 174 valence electrons. The molecule has 1 fully saturated rings. The largest absolute Gasteiger partial charge is 0.464 e. The number of hydrogen-bond acceptors (Lipinski definition) is 5. The summed E-state index contributed by atoms with van der Waals surface area (Å²) in [6.07, 6.45) is 6.48. The normalized spacial score (nSPS) is 21.8. The fraction of sp³-hybridized carbons (Fsp3) is 0.577. The van der Waals surface area contributed by atoms with Crippen LogP contribution in [0.25, 0.3) is 6.08 Å². The molecule has 0 aromatic heterocycles. The lowest BCUT2D eigenvalue weighted by Crippen LogP contribution is -2.38. The Kier molecular flexibility index (Phi) is 8.97. The average Bonchev–Trinajstić information content (AvgIpc) is 2.70. The Bertz CT molecular complexity index is 855. The van der Waals surface area contributed by atoms with E-state index in [9.17, 15) is 14.4 Å². The van der Waals surface area contributed by atoms with E-state index in [2.05, 4.69) is 32.3 Å². The zero-order valence-corrected chi connectivity index (χ0v) is 19.9. The summed E-state index contributed by atoms with van der Waals surface area (Å²) in [5.74, 6) is -0.118. The highest BCUT2D eigenvalue weighted by molar-refractivity contribution is 5.73. The molecule has 0 heterocycles. The first-order valence-electron chi connectivity index (χ1n) is 11.2. The van der Waals surface area contributed by atoms with Crippen LogP contribution in [0.15, 0.2) is 35.8 Å². The molecule has 1 saturated carbocycles. The van der Waals surface area contributed by atoms with Crippen LogP contribution in [-0.4, -0.2) is 42.6 Å². The van der Waals surface area contributed by atoms with Crippen molar-refractivity contribution in [1.82, 2.24) is 4.90 Å². The van der Waals surface area contributed by atoms with Crippen molar-refractivity contribution in [1.29, 1.82) is 0 Å². The first-order chi connectivity index (χ1) is 15.1. The third-order valence-electron chi connectivity index (χ3n) is 6.17. The van der Waals surface area contributed by atoms with Crippen LogP contribution in [0.4, 0.5) is 0 Å². The fourth-order valence-corrected chi connectivity index (χ4v) is 5.23. The van der Waals surface area contributed by atoms with Crippen LogP contribution in [0.3, 0.4) is 0 Å². The van der Waals surface area contributed by atoms with Crippen molar-refractivity contribution in [2.24, 2.45) is 21.7 Å². The van der Waals surface area contributed by atoms with Crippen molar-refractivity contribution in [2.75, 3.05) is 19.7 Å². The third kappa shape index (κ3) is 8.08. The van der Waals surface area contributed by atoms with Gasteiger partial charge in [0.15, 0.2) is 0 Å². The average molecular weight is 441 g/mol. The van der Waals surface area contributed by atoms with Crippen LogP contribution >= 0.6 is 0 Å². The molecule has 2 rings (SSSR count). The van der Waals surface area contributed by atoms with Gasteiger partial charge in [0.1, 0.15) is 6.61 Å². The summed E-state index contributed by atoms with van der Waals surface area (Å²) in [5, 5.41) is 0. The van der Waals surface area contributed by atoms with Gasteiger partial charge < -0.3 is 9.64 Å². The van der Waals surface area contributed by atoms with Gasteiger partial charge in [0.05, 0.1) is 13.1 Å². The Labute approximate surface area is 191 Å². The van der Waals surface area contributed by atoms with Crippen LogP contribution in [0.5, 0.6) is 0 Å². The van der Waals surface area contributed by atoms with Gasteiger partial charge in [-0.05, 0) is 47.1 Å². The molecular formula is C26H36N2O4. The smallest absolute Gasteiger partial charge is 0.306 e. The lowest BCUT2D eigenvalue weighted by molar-refractivity contribution is -0.147. The molecule has 6 nitrogen and oxygen atoms in total. The van der Waals surface area contributed by atoms with Gasteiger partial charge in [0.25, 0.3) is 0 Å². The number of carbonyl (C=O) groups is 2. The molecule has 1 aliphatic carbocycles. The molecule has 1 aromatic rings. The van der Waals surface area contributed by atoms with E-state index in [4.69, 9.17) is 4.74 Å². The SMILES string of the molecule is C=Cc1ccc(CN(CCOC(=O)CC2CC(C)(C)CC(C)(CN=C=O)C2)C(C)=O)cc1. The molecule has 0 bridgehead atoms. The quantitative estimate of drug-likeness (QED) is 0.298. The van der Waals surface area contributed by atoms with Crippen molar-refractivity contribution in [3.05, 3.63) is 42.0 Å². The van der Waals surface area contributed by atoms with E-state index in [0.717, 1.165) is 30.4 Å². The van der Waals surface area contributed by atoms with E-state index < -0.39 is 0 Å². The Morgan fingerprint density at radius 1 is 1.25 bits per heavy atom. The second-order valence-electron chi connectivity index (χ2n) is 10.1. The molecule has 0 N–H and O–H groups in total. The molecular weight excluding hydrogens is 404 g/mol. The molecule has 0 spiro atoms. The number of esters is 1. The van der Waals surface area contributed by atoms with E-state index in [1.165, 1.54) is 6.92 Å². The number of isocyanates is 1. The highest BCUT2D eigenvalue weighted by Gasteiger charge is 2.41. The predicted octanol–water partition coefficient (Wildman–Crippen LogP) is 4.78. The lowest BCUT2D eigenvalue weighted by Gasteiger charge is -2.45. The minimum absolute atomic E-state index is 0.0608. The standard InChI is InChI=1S/C26H36N2O4/c1-6-21-7-9-22(10-8-21)16-28(20(2)30)11-12-32-24(31)13-23-14-25(3,4)17-26(5,15-23)18-27-19-29/h6-10,23H,1,11-18H2,2-5H3. The molecule has 0 radical (unpaired) electrons. The van der Waals surface area contributed by atoms with Gasteiger partial charge in [-0.25, -0.2) is 9.79 Å². The Morgan fingerprint density at radius 2 is 1.94 bits per heavy atom. The topological polar surface area (TPSA) is 76.0 Å². The number of rotatable bonds is 10. The van der Waals surface area contributed by atoms with Gasteiger partial charge in [0, 0.05) is 19.9 Å². The summed E-state index contributed by atoms with van der Waals surface area (Å²) in [7, 11) is 0. The van der Waals surface area contributed by atoms with Gasteiger partial charge in [-0.15, -0.1) is 0 Å². The molecule has 1 aromatic carbocycles. The summed E-state index contributed by atoms with van der Waals surface area (Å²) >= 11 is 0. The first-order valence-corrected chi connectivity index (χ1v) is 11.2. The van der Waals surface area contributed by atoms with Crippen LogP contribution in [0.1, 0.15) is 64.5 Å². The minimum atomic E-state index is -0.243. The van der Waals surface area contributed by atoms with Gasteiger partial charge in [-0.1, -0.05) is 57.7 Å². The summed E-state index contributed by atoms with van der Waals surface area (Å²) in [5.41, 5.74) is 2.00. The van der Waals surface area contributed by atoms with E-state index in [1.54, 1.807) is 17.1 Å². The maximum atomic E-state index is 12.5. The third-order valence-corrected chi connectivity index (χ3v) is 6.17. The van der Waals surface area contributed by atoms with Crippen LogP contribution < -0.4 is 0 Å². The number of carbonyl (C=O) groups excluding carboxylic acids is 3. The highest BCUT2D eigenvalue weighted by atomic mass is 16.5. The second-order valence-corrected chi connectivity index (χ2v) is 10.1. The maximum absolute atomic E-state index is 12.5. The molecule has 1 amide bonds.